The number of nitrogens with zero attached hydrogens (tertiary/aromatic N) is 2. The van der Waals surface area contributed by atoms with Crippen LogP contribution in [0.15, 0.2) is 36.7 Å². The molecule has 1 heterocycles. The van der Waals surface area contributed by atoms with E-state index in [0.29, 0.717) is 5.82 Å². The molecule has 88 valence electrons. The molecule has 2 aromatic rings. The van der Waals surface area contributed by atoms with Gasteiger partial charge in [-0.2, -0.15) is 0 Å². The van der Waals surface area contributed by atoms with Crippen molar-refractivity contribution in [3.8, 4) is 17.0 Å². The molecule has 0 amide bonds. The number of hydrogen-bond donors (Lipinski definition) is 1. The van der Waals surface area contributed by atoms with Crippen LogP contribution in [0.25, 0.3) is 11.3 Å². The third kappa shape index (κ3) is 2.72. The molecule has 2 N–H and O–H groups in total. The first-order valence-electron chi connectivity index (χ1n) is 5.50. The highest BCUT2D eigenvalue weighted by Crippen LogP contribution is 2.28. The van der Waals surface area contributed by atoms with E-state index in [2.05, 4.69) is 9.97 Å². The predicted octanol–water partition coefficient (Wildman–Crippen LogP) is 2.51. The molecule has 0 unspecified atom stereocenters. The van der Waals surface area contributed by atoms with Gasteiger partial charge in [0.25, 0.3) is 0 Å². The fraction of sp³-hybridized carbons (Fsp3) is 0.231. The van der Waals surface area contributed by atoms with Crippen LogP contribution in [-0.4, -0.2) is 16.1 Å². The molecule has 0 aliphatic carbocycles. The van der Waals surface area contributed by atoms with Crippen molar-refractivity contribution >= 4 is 5.82 Å². The molecule has 0 bridgehead atoms. The highest BCUT2D eigenvalue weighted by atomic mass is 16.5. The topological polar surface area (TPSA) is 61.0 Å². The van der Waals surface area contributed by atoms with Gasteiger partial charge in [-0.25, -0.2) is 4.98 Å². The van der Waals surface area contributed by atoms with Crippen molar-refractivity contribution in [1.29, 1.82) is 0 Å². The Balaban J connectivity index is 2.40. The van der Waals surface area contributed by atoms with Gasteiger partial charge in [0, 0.05) is 5.56 Å². The Morgan fingerprint density at radius 3 is 2.53 bits per heavy atom. The molecule has 4 heteroatoms. The summed E-state index contributed by atoms with van der Waals surface area (Å²) in [4.78, 5) is 8.28. The van der Waals surface area contributed by atoms with Gasteiger partial charge in [-0.3, -0.25) is 4.98 Å². The third-order valence-corrected chi connectivity index (χ3v) is 2.20. The van der Waals surface area contributed by atoms with Crippen molar-refractivity contribution < 1.29 is 4.74 Å². The van der Waals surface area contributed by atoms with Gasteiger partial charge < -0.3 is 10.5 Å². The lowest BCUT2D eigenvalue weighted by Gasteiger charge is -2.13. The van der Waals surface area contributed by atoms with Crippen LogP contribution in [0.3, 0.4) is 0 Å². The fourth-order valence-corrected chi connectivity index (χ4v) is 1.51. The quantitative estimate of drug-likeness (QED) is 0.878. The van der Waals surface area contributed by atoms with Crippen LogP contribution in [0.4, 0.5) is 5.82 Å². The van der Waals surface area contributed by atoms with Gasteiger partial charge >= 0.3 is 0 Å². The summed E-state index contributed by atoms with van der Waals surface area (Å²) >= 11 is 0. The van der Waals surface area contributed by atoms with Crippen LogP contribution in [0.1, 0.15) is 13.8 Å². The minimum Gasteiger partial charge on any atom is -0.490 e. The normalized spacial score (nSPS) is 10.5. The Kier molecular flexibility index (Phi) is 3.23. The molecule has 0 saturated carbocycles. The first-order chi connectivity index (χ1) is 8.16. The molecule has 1 aromatic heterocycles. The molecule has 1 aromatic carbocycles. The van der Waals surface area contributed by atoms with E-state index in [0.717, 1.165) is 17.0 Å². The van der Waals surface area contributed by atoms with E-state index in [4.69, 9.17) is 10.5 Å². The van der Waals surface area contributed by atoms with Gasteiger partial charge in [-0.05, 0) is 26.0 Å². The molecular formula is C13H15N3O. The Labute approximate surface area is 100 Å². The number of ether oxygens (including phenoxy) is 1. The second-order valence-electron chi connectivity index (χ2n) is 3.99. The summed E-state index contributed by atoms with van der Waals surface area (Å²) in [7, 11) is 0. The van der Waals surface area contributed by atoms with Gasteiger partial charge in [-0.1, -0.05) is 12.1 Å². The zero-order valence-corrected chi connectivity index (χ0v) is 9.92. The van der Waals surface area contributed by atoms with Crippen molar-refractivity contribution in [2.24, 2.45) is 0 Å². The number of anilines is 1. The standard InChI is InChI=1S/C13H15N3O/c1-9(2)17-12-6-4-3-5-10(12)11-7-16-13(14)8-15-11/h3-9H,1-2H3,(H2,14,16). The lowest BCUT2D eigenvalue weighted by atomic mass is 10.1. The van der Waals surface area contributed by atoms with Crippen LogP contribution >= 0.6 is 0 Å². The van der Waals surface area contributed by atoms with Crippen molar-refractivity contribution in [3.63, 3.8) is 0 Å². The molecule has 17 heavy (non-hydrogen) atoms. The van der Waals surface area contributed by atoms with Crippen LogP contribution in [0.2, 0.25) is 0 Å². The first-order valence-corrected chi connectivity index (χ1v) is 5.50. The van der Waals surface area contributed by atoms with Gasteiger partial charge in [0.15, 0.2) is 0 Å². The predicted molar refractivity (Wildman–Crippen MR) is 67.6 cm³/mol. The molecule has 0 fully saturated rings. The van der Waals surface area contributed by atoms with Crippen LogP contribution in [-0.2, 0) is 0 Å². The minimum atomic E-state index is 0.123. The van der Waals surface area contributed by atoms with Gasteiger partial charge in [0.05, 0.1) is 24.2 Å². The molecule has 0 aliphatic rings. The second-order valence-corrected chi connectivity index (χ2v) is 3.99. The SMILES string of the molecule is CC(C)Oc1ccccc1-c1cnc(N)cn1. The van der Waals surface area contributed by atoms with E-state index in [9.17, 15) is 0 Å². The number of nitrogen functional groups attached to an aromatic ring is 1. The van der Waals surface area contributed by atoms with E-state index in [-0.39, 0.29) is 6.10 Å². The molecule has 0 aliphatic heterocycles. The smallest absolute Gasteiger partial charge is 0.141 e. The second kappa shape index (κ2) is 4.82. The van der Waals surface area contributed by atoms with E-state index in [1.165, 1.54) is 0 Å². The summed E-state index contributed by atoms with van der Waals surface area (Å²) < 4.78 is 5.73. The molecule has 4 nitrogen and oxygen atoms in total. The summed E-state index contributed by atoms with van der Waals surface area (Å²) in [6.45, 7) is 3.98. The lowest BCUT2D eigenvalue weighted by molar-refractivity contribution is 0.243. The summed E-state index contributed by atoms with van der Waals surface area (Å²) in [6, 6.07) is 7.76. The van der Waals surface area contributed by atoms with Gasteiger partial charge in [0.1, 0.15) is 11.6 Å². The van der Waals surface area contributed by atoms with E-state index >= 15 is 0 Å². The highest BCUT2D eigenvalue weighted by molar-refractivity contribution is 5.66. The van der Waals surface area contributed by atoms with E-state index in [1.807, 2.05) is 38.1 Å². The van der Waals surface area contributed by atoms with Gasteiger partial charge in [0.2, 0.25) is 0 Å². The van der Waals surface area contributed by atoms with Crippen LogP contribution in [0, 0.1) is 0 Å². The maximum Gasteiger partial charge on any atom is 0.141 e. The summed E-state index contributed by atoms with van der Waals surface area (Å²) in [5.74, 6) is 1.22. The molecule has 0 saturated heterocycles. The Morgan fingerprint density at radius 2 is 1.88 bits per heavy atom. The lowest BCUT2D eigenvalue weighted by Crippen LogP contribution is -2.06. The zero-order valence-electron chi connectivity index (χ0n) is 9.92. The fourth-order valence-electron chi connectivity index (χ4n) is 1.51. The summed E-state index contributed by atoms with van der Waals surface area (Å²) in [5.41, 5.74) is 7.20. The molecule has 0 radical (unpaired) electrons. The molecule has 2 rings (SSSR count). The van der Waals surface area contributed by atoms with E-state index in [1.54, 1.807) is 12.4 Å². The molecule has 0 atom stereocenters. The number of aromatic nitrogens is 2. The Bertz CT molecular complexity index is 494. The zero-order chi connectivity index (χ0) is 12.3. The maximum atomic E-state index is 5.73. The largest absolute Gasteiger partial charge is 0.490 e. The monoisotopic (exact) mass is 229 g/mol. The number of para-hydroxylation sites is 1. The number of nitrogens with two attached hydrogens (primary N) is 1. The van der Waals surface area contributed by atoms with Crippen molar-refractivity contribution in [3.05, 3.63) is 36.7 Å². The van der Waals surface area contributed by atoms with Crippen molar-refractivity contribution in [2.45, 2.75) is 20.0 Å². The number of benzene rings is 1. The number of rotatable bonds is 3. The summed E-state index contributed by atoms with van der Waals surface area (Å²) in [6.07, 6.45) is 3.32. The first kappa shape index (κ1) is 11.4. The third-order valence-electron chi connectivity index (χ3n) is 2.20. The maximum absolute atomic E-state index is 5.73. The van der Waals surface area contributed by atoms with Crippen molar-refractivity contribution in [1.82, 2.24) is 9.97 Å². The average molecular weight is 229 g/mol. The summed E-state index contributed by atoms with van der Waals surface area (Å²) in [5, 5.41) is 0. The van der Waals surface area contributed by atoms with E-state index < -0.39 is 0 Å². The minimum absolute atomic E-state index is 0.123. The Morgan fingerprint density at radius 1 is 1.12 bits per heavy atom. The molecular weight excluding hydrogens is 214 g/mol. The average Bonchev–Trinajstić information content (AvgIpc) is 2.30. The van der Waals surface area contributed by atoms with Crippen molar-refractivity contribution in [2.75, 3.05) is 5.73 Å². The molecule has 0 spiro atoms. The Hall–Kier alpha value is -2.10. The highest BCUT2D eigenvalue weighted by Gasteiger charge is 2.08. The number of hydrogen-bond acceptors (Lipinski definition) is 4. The van der Waals surface area contributed by atoms with Crippen LogP contribution in [0.5, 0.6) is 5.75 Å². The van der Waals surface area contributed by atoms with Crippen LogP contribution < -0.4 is 10.5 Å². The van der Waals surface area contributed by atoms with Gasteiger partial charge in [-0.15, -0.1) is 0 Å².